The third-order valence-electron chi connectivity index (χ3n) is 2.71. The molecule has 0 aromatic carbocycles. The van der Waals surface area contributed by atoms with Crippen molar-refractivity contribution in [2.45, 2.75) is 45.2 Å². The quantitative estimate of drug-likeness (QED) is 0.690. The molecule has 0 radical (unpaired) electrons. The topological polar surface area (TPSA) is 46.6 Å². The fourth-order valence-electron chi connectivity index (χ4n) is 2.09. The van der Waals surface area contributed by atoms with Crippen LogP contribution in [0.15, 0.2) is 0 Å². The van der Waals surface area contributed by atoms with E-state index >= 15 is 0 Å². The minimum Gasteiger partial charge on any atom is -0.293 e. The highest BCUT2D eigenvalue weighted by atomic mass is 32.2. The van der Waals surface area contributed by atoms with Gasteiger partial charge in [0.25, 0.3) is 10.1 Å². The fraction of sp³-hybridized carbons (Fsp3) is 1.00. The Hall–Kier alpha value is -0.130. The molecule has 4 nitrogen and oxygen atoms in total. The molecule has 0 bridgehead atoms. The van der Waals surface area contributed by atoms with Gasteiger partial charge in [0, 0.05) is 11.6 Å². The van der Waals surface area contributed by atoms with E-state index in [9.17, 15) is 8.42 Å². The second-order valence-corrected chi connectivity index (χ2v) is 6.79. The molecular weight excluding hydrogens is 214 g/mol. The van der Waals surface area contributed by atoms with E-state index in [4.69, 9.17) is 4.18 Å². The molecule has 1 aliphatic rings. The van der Waals surface area contributed by atoms with Gasteiger partial charge in [0.1, 0.15) is 0 Å². The Balaban J connectivity index is 2.55. The van der Waals surface area contributed by atoms with E-state index in [1.165, 1.54) is 0 Å². The highest BCUT2D eigenvalue weighted by molar-refractivity contribution is 7.85. The largest absolute Gasteiger partial charge is 0.293 e. The van der Waals surface area contributed by atoms with Gasteiger partial charge in [-0.2, -0.15) is 8.42 Å². The molecule has 1 unspecified atom stereocenters. The first-order valence-corrected chi connectivity index (χ1v) is 7.13. The van der Waals surface area contributed by atoms with Crippen LogP contribution < -0.4 is 0 Å². The van der Waals surface area contributed by atoms with Gasteiger partial charge in [-0.05, 0) is 40.2 Å². The van der Waals surface area contributed by atoms with Gasteiger partial charge in [0.15, 0.2) is 0 Å². The van der Waals surface area contributed by atoms with E-state index in [-0.39, 0.29) is 18.2 Å². The molecule has 1 fully saturated rings. The van der Waals surface area contributed by atoms with E-state index in [0.29, 0.717) is 0 Å². The number of hydrogen-bond donors (Lipinski definition) is 0. The second kappa shape index (κ2) is 4.39. The number of likely N-dealkylation sites (tertiary alicyclic amines) is 1. The summed E-state index contributed by atoms with van der Waals surface area (Å²) < 4.78 is 26.7. The lowest BCUT2D eigenvalue weighted by Crippen LogP contribution is -2.46. The van der Waals surface area contributed by atoms with Crippen molar-refractivity contribution in [3.8, 4) is 0 Å². The third kappa shape index (κ3) is 4.09. The first-order valence-electron chi connectivity index (χ1n) is 5.31. The molecule has 0 N–H and O–H groups in total. The van der Waals surface area contributed by atoms with E-state index in [1.807, 2.05) is 0 Å². The van der Waals surface area contributed by atoms with Crippen molar-refractivity contribution >= 4 is 10.1 Å². The van der Waals surface area contributed by atoms with Crippen LogP contribution in [0.3, 0.4) is 0 Å². The molecule has 1 atom stereocenters. The molecule has 1 saturated heterocycles. The fourth-order valence-corrected chi connectivity index (χ4v) is 2.50. The molecule has 90 valence electrons. The van der Waals surface area contributed by atoms with Gasteiger partial charge < -0.3 is 0 Å². The molecule has 1 heterocycles. The van der Waals surface area contributed by atoms with Crippen LogP contribution in [0.4, 0.5) is 0 Å². The number of rotatable bonds is 3. The molecule has 15 heavy (non-hydrogen) atoms. The maximum absolute atomic E-state index is 10.9. The normalized spacial score (nSPS) is 24.7. The van der Waals surface area contributed by atoms with Crippen molar-refractivity contribution in [2.75, 3.05) is 19.4 Å². The van der Waals surface area contributed by atoms with E-state index in [2.05, 4.69) is 25.7 Å². The monoisotopic (exact) mass is 235 g/mol. The summed E-state index contributed by atoms with van der Waals surface area (Å²) in [6.45, 7) is 7.75. The molecule has 5 heteroatoms. The average Bonchev–Trinajstić information content (AvgIpc) is 2.45. The van der Waals surface area contributed by atoms with Gasteiger partial charge in [-0.25, -0.2) is 0 Å². The van der Waals surface area contributed by atoms with Gasteiger partial charge in [0.05, 0.1) is 12.9 Å². The average molecular weight is 235 g/mol. The second-order valence-electron chi connectivity index (χ2n) is 5.15. The van der Waals surface area contributed by atoms with Crippen LogP contribution in [0.1, 0.15) is 33.6 Å². The summed E-state index contributed by atoms with van der Waals surface area (Å²) in [5.41, 5.74) is 0.0853. The lowest BCUT2D eigenvalue weighted by Gasteiger charge is -2.36. The van der Waals surface area contributed by atoms with Crippen LogP contribution in [0.2, 0.25) is 0 Å². The van der Waals surface area contributed by atoms with Crippen LogP contribution in [-0.4, -0.2) is 44.3 Å². The molecule has 0 spiro atoms. The lowest BCUT2D eigenvalue weighted by atomic mass is 10.1. The molecule has 0 saturated carbocycles. The van der Waals surface area contributed by atoms with Crippen molar-refractivity contribution in [3.63, 3.8) is 0 Å². The third-order valence-corrected chi connectivity index (χ3v) is 3.28. The van der Waals surface area contributed by atoms with Crippen LogP contribution >= 0.6 is 0 Å². The Morgan fingerprint density at radius 3 is 2.47 bits per heavy atom. The van der Waals surface area contributed by atoms with Crippen molar-refractivity contribution < 1.29 is 12.6 Å². The Morgan fingerprint density at radius 2 is 2.00 bits per heavy atom. The molecule has 1 rings (SSSR count). The highest BCUT2D eigenvalue weighted by Gasteiger charge is 2.33. The summed E-state index contributed by atoms with van der Waals surface area (Å²) in [7, 11) is -3.31. The lowest BCUT2D eigenvalue weighted by molar-refractivity contribution is 0.0899. The van der Waals surface area contributed by atoms with E-state index in [0.717, 1.165) is 25.6 Å². The maximum atomic E-state index is 10.9. The predicted molar refractivity (Wildman–Crippen MR) is 60.3 cm³/mol. The molecule has 1 aliphatic heterocycles. The van der Waals surface area contributed by atoms with Crippen molar-refractivity contribution in [3.05, 3.63) is 0 Å². The Labute approximate surface area is 92.7 Å². The van der Waals surface area contributed by atoms with Crippen LogP contribution in [0.5, 0.6) is 0 Å². The van der Waals surface area contributed by atoms with Gasteiger partial charge in [-0.1, -0.05) is 0 Å². The van der Waals surface area contributed by atoms with Gasteiger partial charge in [0.2, 0.25) is 0 Å². The molecule has 0 aromatic rings. The summed E-state index contributed by atoms with van der Waals surface area (Å²) in [5, 5.41) is 0. The van der Waals surface area contributed by atoms with Gasteiger partial charge >= 0.3 is 0 Å². The first-order chi connectivity index (χ1) is 6.70. The molecule has 0 amide bonds. The number of hydrogen-bond acceptors (Lipinski definition) is 4. The van der Waals surface area contributed by atoms with Crippen LogP contribution in [-0.2, 0) is 14.3 Å². The molecule has 0 aromatic heterocycles. The summed E-state index contributed by atoms with van der Waals surface area (Å²) in [4.78, 5) is 2.32. The molecular formula is C10H21NO3S. The Kier molecular flexibility index (Phi) is 3.79. The first kappa shape index (κ1) is 12.9. The summed E-state index contributed by atoms with van der Waals surface area (Å²) in [6, 6.07) is 0.236. The maximum Gasteiger partial charge on any atom is 0.264 e. The van der Waals surface area contributed by atoms with E-state index in [1.54, 1.807) is 0 Å². The predicted octanol–water partition coefficient (Wildman–Crippen LogP) is 1.23. The standard InChI is InChI=1S/C10H21NO3S/c1-10(2,3)11-7-5-6-9(11)8-14-15(4,12)13/h9H,5-8H2,1-4H3. The number of nitrogens with zero attached hydrogens (tertiary/aromatic N) is 1. The van der Waals surface area contributed by atoms with Crippen molar-refractivity contribution in [1.82, 2.24) is 4.90 Å². The zero-order valence-corrected chi connectivity index (χ0v) is 10.8. The van der Waals surface area contributed by atoms with Gasteiger partial charge in [-0.3, -0.25) is 9.08 Å². The zero-order chi connectivity index (χ0) is 11.7. The van der Waals surface area contributed by atoms with Gasteiger partial charge in [-0.15, -0.1) is 0 Å². The van der Waals surface area contributed by atoms with Crippen LogP contribution in [0, 0.1) is 0 Å². The summed E-state index contributed by atoms with van der Waals surface area (Å²) in [5.74, 6) is 0. The summed E-state index contributed by atoms with van der Waals surface area (Å²) in [6.07, 6.45) is 3.24. The van der Waals surface area contributed by atoms with Crippen molar-refractivity contribution in [2.24, 2.45) is 0 Å². The minimum absolute atomic E-state index is 0.0853. The van der Waals surface area contributed by atoms with E-state index < -0.39 is 10.1 Å². The Morgan fingerprint density at radius 1 is 1.40 bits per heavy atom. The zero-order valence-electron chi connectivity index (χ0n) is 9.99. The van der Waals surface area contributed by atoms with Crippen molar-refractivity contribution in [1.29, 1.82) is 0 Å². The Bertz CT molecular complexity index is 305. The minimum atomic E-state index is -3.31. The molecule has 0 aliphatic carbocycles. The van der Waals surface area contributed by atoms with Crippen LogP contribution in [0.25, 0.3) is 0 Å². The smallest absolute Gasteiger partial charge is 0.264 e. The summed E-state index contributed by atoms with van der Waals surface area (Å²) >= 11 is 0. The highest BCUT2D eigenvalue weighted by Crippen LogP contribution is 2.26. The SMILES string of the molecule is CC(C)(C)N1CCCC1COS(C)(=O)=O.